The van der Waals surface area contributed by atoms with Crippen molar-refractivity contribution in [3.05, 3.63) is 29.8 Å². The predicted molar refractivity (Wildman–Crippen MR) is 87.0 cm³/mol. The molecule has 0 aromatic heterocycles. The van der Waals surface area contributed by atoms with Gasteiger partial charge in [0.2, 0.25) is 0 Å². The minimum atomic E-state index is 0.100. The Hall–Kier alpha value is -1.71. The number of rotatable bonds is 5. The first kappa shape index (κ1) is 15.2. The van der Waals surface area contributed by atoms with E-state index in [0.717, 1.165) is 31.7 Å². The fourth-order valence-electron chi connectivity index (χ4n) is 3.34. The van der Waals surface area contributed by atoms with E-state index < -0.39 is 0 Å². The highest BCUT2D eigenvalue weighted by atomic mass is 16.5. The van der Waals surface area contributed by atoms with E-state index in [-0.39, 0.29) is 12.1 Å². The first-order chi connectivity index (χ1) is 10.8. The van der Waals surface area contributed by atoms with Gasteiger partial charge in [-0.15, -0.1) is 0 Å². The van der Waals surface area contributed by atoms with Crippen molar-refractivity contribution < 1.29 is 9.53 Å². The van der Waals surface area contributed by atoms with Crippen LogP contribution in [0.25, 0.3) is 0 Å². The van der Waals surface area contributed by atoms with E-state index in [4.69, 9.17) is 4.74 Å². The lowest BCUT2D eigenvalue weighted by Gasteiger charge is -2.29. The number of nitrogens with zero attached hydrogens (tertiary/aromatic N) is 1. The van der Waals surface area contributed by atoms with Crippen LogP contribution in [0.2, 0.25) is 0 Å². The first-order valence-corrected chi connectivity index (χ1v) is 8.55. The summed E-state index contributed by atoms with van der Waals surface area (Å²) in [5, 5.41) is 3.12. The maximum absolute atomic E-state index is 12.4. The Morgan fingerprint density at radius 2 is 2.00 bits per heavy atom. The molecule has 2 amide bonds. The van der Waals surface area contributed by atoms with Gasteiger partial charge in [-0.3, -0.25) is 0 Å². The number of ether oxygens (including phenoxy) is 1. The number of urea groups is 1. The molecule has 0 bridgehead atoms. The summed E-state index contributed by atoms with van der Waals surface area (Å²) in [7, 11) is 0. The first-order valence-electron chi connectivity index (χ1n) is 8.55. The van der Waals surface area contributed by atoms with Crippen molar-refractivity contribution in [3.63, 3.8) is 0 Å². The SMILES string of the molecule is CCOc1ccc(C2CCCN2C(=O)NCC2CCC2)cc1. The molecule has 1 unspecified atom stereocenters. The zero-order chi connectivity index (χ0) is 15.4. The molecule has 1 aliphatic heterocycles. The average Bonchev–Trinajstić information content (AvgIpc) is 2.96. The number of hydrogen-bond acceptors (Lipinski definition) is 2. The number of benzene rings is 1. The summed E-state index contributed by atoms with van der Waals surface area (Å²) in [5.74, 6) is 1.60. The highest BCUT2D eigenvalue weighted by molar-refractivity contribution is 5.75. The van der Waals surface area contributed by atoms with Gasteiger partial charge in [0.1, 0.15) is 5.75 Å². The number of carbonyl (C=O) groups is 1. The normalized spacial score (nSPS) is 21.5. The van der Waals surface area contributed by atoms with Crippen molar-refractivity contribution >= 4 is 6.03 Å². The lowest BCUT2D eigenvalue weighted by Crippen LogP contribution is -2.42. The van der Waals surface area contributed by atoms with Crippen LogP contribution < -0.4 is 10.1 Å². The molecule has 1 N–H and O–H groups in total. The molecule has 1 atom stereocenters. The summed E-state index contributed by atoms with van der Waals surface area (Å²) in [4.78, 5) is 14.4. The van der Waals surface area contributed by atoms with Crippen LogP contribution in [-0.4, -0.2) is 30.6 Å². The van der Waals surface area contributed by atoms with Crippen molar-refractivity contribution in [2.24, 2.45) is 5.92 Å². The van der Waals surface area contributed by atoms with E-state index in [1.54, 1.807) is 0 Å². The van der Waals surface area contributed by atoms with Gasteiger partial charge in [-0.05, 0) is 56.2 Å². The zero-order valence-corrected chi connectivity index (χ0v) is 13.4. The maximum atomic E-state index is 12.4. The average molecular weight is 302 g/mol. The third kappa shape index (κ3) is 3.37. The molecule has 1 heterocycles. The molecule has 3 rings (SSSR count). The van der Waals surface area contributed by atoms with Crippen LogP contribution in [0.15, 0.2) is 24.3 Å². The van der Waals surface area contributed by atoms with Crippen LogP contribution in [-0.2, 0) is 0 Å². The Morgan fingerprint density at radius 3 is 2.64 bits per heavy atom. The van der Waals surface area contributed by atoms with Gasteiger partial charge >= 0.3 is 6.03 Å². The maximum Gasteiger partial charge on any atom is 0.317 e. The van der Waals surface area contributed by atoms with E-state index in [0.29, 0.717) is 12.5 Å². The van der Waals surface area contributed by atoms with E-state index >= 15 is 0 Å². The van der Waals surface area contributed by atoms with Gasteiger partial charge < -0.3 is 15.0 Å². The third-order valence-electron chi connectivity index (χ3n) is 4.86. The Labute approximate surface area is 132 Å². The molecule has 0 spiro atoms. The summed E-state index contributed by atoms with van der Waals surface area (Å²) >= 11 is 0. The topological polar surface area (TPSA) is 41.6 Å². The second-order valence-corrected chi connectivity index (χ2v) is 6.34. The van der Waals surface area contributed by atoms with E-state index in [2.05, 4.69) is 17.4 Å². The van der Waals surface area contributed by atoms with E-state index in [1.165, 1.54) is 24.8 Å². The highest BCUT2D eigenvalue weighted by Crippen LogP contribution is 2.33. The molecule has 1 saturated heterocycles. The summed E-state index contributed by atoms with van der Waals surface area (Å²) in [6, 6.07) is 8.49. The Bertz CT molecular complexity index is 496. The molecule has 0 radical (unpaired) electrons. The van der Waals surface area contributed by atoms with Crippen LogP contribution in [0.5, 0.6) is 5.75 Å². The number of likely N-dealkylation sites (tertiary alicyclic amines) is 1. The number of carbonyl (C=O) groups excluding carboxylic acids is 1. The molecule has 2 aliphatic rings. The van der Waals surface area contributed by atoms with Crippen LogP contribution >= 0.6 is 0 Å². The fourth-order valence-corrected chi connectivity index (χ4v) is 3.34. The van der Waals surface area contributed by atoms with Crippen LogP contribution in [0.4, 0.5) is 4.79 Å². The molecule has 4 nitrogen and oxygen atoms in total. The number of amides is 2. The molecular weight excluding hydrogens is 276 g/mol. The molecule has 120 valence electrons. The number of nitrogens with one attached hydrogen (secondary N) is 1. The summed E-state index contributed by atoms with van der Waals surface area (Å²) in [6.07, 6.45) is 5.98. The lowest BCUT2D eigenvalue weighted by molar-refractivity contribution is 0.187. The smallest absolute Gasteiger partial charge is 0.317 e. The molecule has 1 saturated carbocycles. The molecule has 4 heteroatoms. The van der Waals surface area contributed by atoms with Crippen LogP contribution in [0, 0.1) is 5.92 Å². The largest absolute Gasteiger partial charge is 0.494 e. The molecule has 1 aromatic carbocycles. The molecule has 22 heavy (non-hydrogen) atoms. The molecule has 2 fully saturated rings. The van der Waals surface area contributed by atoms with Gasteiger partial charge in [0, 0.05) is 13.1 Å². The molecule has 1 aliphatic carbocycles. The lowest BCUT2D eigenvalue weighted by atomic mass is 9.85. The van der Waals surface area contributed by atoms with Crippen molar-refractivity contribution in [2.45, 2.75) is 45.1 Å². The highest BCUT2D eigenvalue weighted by Gasteiger charge is 2.30. The van der Waals surface area contributed by atoms with Gasteiger partial charge in [-0.2, -0.15) is 0 Å². The Balaban J connectivity index is 1.60. The van der Waals surface area contributed by atoms with E-state index in [9.17, 15) is 4.79 Å². The summed E-state index contributed by atoms with van der Waals surface area (Å²) in [5.41, 5.74) is 1.21. The van der Waals surface area contributed by atoms with Gasteiger partial charge in [0.25, 0.3) is 0 Å². The van der Waals surface area contributed by atoms with Crippen molar-refractivity contribution in [1.82, 2.24) is 10.2 Å². The van der Waals surface area contributed by atoms with E-state index in [1.807, 2.05) is 24.0 Å². The Kier molecular flexibility index (Phi) is 4.86. The second-order valence-electron chi connectivity index (χ2n) is 6.34. The van der Waals surface area contributed by atoms with Crippen LogP contribution in [0.3, 0.4) is 0 Å². The predicted octanol–water partition coefficient (Wildman–Crippen LogP) is 3.73. The quantitative estimate of drug-likeness (QED) is 0.900. The van der Waals surface area contributed by atoms with Gasteiger partial charge in [0.15, 0.2) is 0 Å². The summed E-state index contributed by atoms with van der Waals surface area (Å²) in [6.45, 7) is 4.36. The zero-order valence-electron chi connectivity index (χ0n) is 13.4. The second kappa shape index (κ2) is 7.03. The van der Waals surface area contributed by atoms with Crippen molar-refractivity contribution in [1.29, 1.82) is 0 Å². The van der Waals surface area contributed by atoms with Gasteiger partial charge in [-0.25, -0.2) is 4.79 Å². The minimum absolute atomic E-state index is 0.100. The Morgan fingerprint density at radius 1 is 1.23 bits per heavy atom. The monoisotopic (exact) mass is 302 g/mol. The molecule has 1 aromatic rings. The molecular formula is C18H26N2O2. The summed E-state index contributed by atoms with van der Waals surface area (Å²) < 4.78 is 5.49. The van der Waals surface area contributed by atoms with Gasteiger partial charge in [0.05, 0.1) is 12.6 Å². The van der Waals surface area contributed by atoms with Gasteiger partial charge in [-0.1, -0.05) is 18.6 Å². The van der Waals surface area contributed by atoms with Crippen molar-refractivity contribution in [3.8, 4) is 5.75 Å². The fraction of sp³-hybridized carbons (Fsp3) is 0.611. The standard InChI is InChI=1S/C18H26N2O2/c1-2-22-16-10-8-15(9-11-16)17-7-4-12-20(17)18(21)19-13-14-5-3-6-14/h8-11,14,17H,2-7,12-13H2,1H3,(H,19,21). The third-order valence-corrected chi connectivity index (χ3v) is 4.86. The minimum Gasteiger partial charge on any atom is -0.494 e. The van der Waals surface area contributed by atoms with Crippen LogP contribution in [0.1, 0.15) is 50.6 Å². The number of hydrogen-bond donors (Lipinski definition) is 1. The van der Waals surface area contributed by atoms with Crippen molar-refractivity contribution in [2.75, 3.05) is 19.7 Å².